The van der Waals surface area contributed by atoms with Crippen molar-refractivity contribution in [1.82, 2.24) is 4.98 Å². The summed E-state index contributed by atoms with van der Waals surface area (Å²) < 4.78 is 0. The van der Waals surface area contributed by atoms with Crippen LogP contribution in [0, 0.1) is 6.92 Å². The van der Waals surface area contributed by atoms with Crippen molar-refractivity contribution in [2.24, 2.45) is 0 Å². The maximum absolute atomic E-state index is 11.7. The van der Waals surface area contributed by atoms with Crippen LogP contribution < -0.4 is 5.32 Å². The van der Waals surface area contributed by atoms with Crippen LogP contribution in [0.3, 0.4) is 0 Å². The van der Waals surface area contributed by atoms with Crippen LogP contribution in [0.15, 0.2) is 12.1 Å². The van der Waals surface area contributed by atoms with Gasteiger partial charge in [-0.3, -0.25) is 4.79 Å². The third-order valence-electron chi connectivity index (χ3n) is 2.83. The third-order valence-corrected chi connectivity index (χ3v) is 3.04. The Balaban J connectivity index is 2.31. The first kappa shape index (κ1) is 15.0. The number of nitrogens with zero attached hydrogens (tertiary/aromatic N) is 1. The summed E-state index contributed by atoms with van der Waals surface area (Å²) in [6.07, 6.45) is 6.34. The van der Waals surface area contributed by atoms with Crippen LogP contribution in [0.25, 0.3) is 0 Å². The van der Waals surface area contributed by atoms with Gasteiger partial charge in [0.15, 0.2) is 0 Å². The second-order valence-corrected chi connectivity index (χ2v) is 4.87. The SMILES string of the molecule is CCCCCCCC(=O)Nc1ccc(Cl)nc1C. The lowest BCUT2D eigenvalue weighted by atomic mass is 10.1. The predicted molar refractivity (Wildman–Crippen MR) is 76.0 cm³/mol. The minimum absolute atomic E-state index is 0.0544. The molecule has 1 heterocycles. The molecule has 0 fully saturated rings. The van der Waals surface area contributed by atoms with Crippen LogP contribution in [-0.2, 0) is 4.79 Å². The molecular weight excluding hydrogens is 248 g/mol. The molecule has 0 saturated heterocycles. The highest BCUT2D eigenvalue weighted by Gasteiger charge is 2.05. The molecule has 0 aromatic carbocycles. The molecule has 1 aromatic rings. The summed E-state index contributed by atoms with van der Waals surface area (Å²) in [5.41, 5.74) is 1.50. The van der Waals surface area contributed by atoms with Gasteiger partial charge in [0.1, 0.15) is 5.15 Å². The zero-order valence-electron chi connectivity index (χ0n) is 11.1. The number of aromatic nitrogens is 1. The Kier molecular flexibility index (Phi) is 6.73. The van der Waals surface area contributed by atoms with Crippen LogP contribution in [0.5, 0.6) is 0 Å². The molecule has 1 aromatic heterocycles. The van der Waals surface area contributed by atoms with Crippen LogP contribution >= 0.6 is 11.6 Å². The summed E-state index contributed by atoms with van der Waals surface area (Å²) >= 11 is 5.76. The lowest BCUT2D eigenvalue weighted by Crippen LogP contribution is -2.12. The molecule has 1 amide bonds. The lowest BCUT2D eigenvalue weighted by molar-refractivity contribution is -0.116. The number of pyridine rings is 1. The summed E-state index contributed by atoms with van der Waals surface area (Å²) in [7, 11) is 0. The van der Waals surface area contributed by atoms with Crippen LogP contribution in [0.4, 0.5) is 5.69 Å². The summed E-state index contributed by atoms with van der Waals surface area (Å²) in [6.45, 7) is 4.02. The Hall–Kier alpha value is -1.09. The van der Waals surface area contributed by atoms with Crippen molar-refractivity contribution in [3.63, 3.8) is 0 Å². The van der Waals surface area contributed by atoms with E-state index in [4.69, 9.17) is 11.6 Å². The molecule has 0 aliphatic rings. The molecule has 0 unspecified atom stereocenters. The first-order chi connectivity index (χ1) is 8.63. The van der Waals surface area contributed by atoms with Crippen LogP contribution in [-0.4, -0.2) is 10.9 Å². The van der Waals surface area contributed by atoms with Crippen LogP contribution in [0.1, 0.15) is 51.1 Å². The number of amides is 1. The number of nitrogens with one attached hydrogen (secondary N) is 1. The average Bonchev–Trinajstić information content (AvgIpc) is 2.32. The van der Waals surface area contributed by atoms with E-state index in [9.17, 15) is 4.79 Å². The normalized spacial score (nSPS) is 10.4. The second kappa shape index (κ2) is 8.09. The van der Waals surface area contributed by atoms with Crippen molar-refractivity contribution in [3.8, 4) is 0 Å². The number of hydrogen-bond acceptors (Lipinski definition) is 2. The monoisotopic (exact) mass is 268 g/mol. The van der Waals surface area contributed by atoms with Crippen LogP contribution in [0.2, 0.25) is 5.15 Å². The van der Waals surface area contributed by atoms with E-state index in [0.29, 0.717) is 11.6 Å². The highest BCUT2D eigenvalue weighted by Crippen LogP contribution is 2.16. The fraction of sp³-hybridized carbons (Fsp3) is 0.571. The summed E-state index contributed by atoms with van der Waals surface area (Å²) in [6, 6.07) is 3.48. The van der Waals surface area contributed by atoms with Crippen molar-refractivity contribution in [3.05, 3.63) is 23.0 Å². The van der Waals surface area contributed by atoms with Gasteiger partial charge >= 0.3 is 0 Å². The van der Waals surface area contributed by atoms with Gasteiger partial charge in [0, 0.05) is 6.42 Å². The quantitative estimate of drug-likeness (QED) is 0.590. The molecule has 0 aliphatic carbocycles. The third kappa shape index (κ3) is 5.50. The molecule has 18 heavy (non-hydrogen) atoms. The number of rotatable bonds is 7. The number of anilines is 1. The van der Waals surface area contributed by atoms with Gasteiger partial charge in [0.25, 0.3) is 0 Å². The standard InChI is InChI=1S/C14H21ClN2O/c1-3-4-5-6-7-8-14(18)17-12-9-10-13(15)16-11(12)2/h9-10H,3-8H2,1-2H3,(H,17,18). The van der Waals surface area contributed by atoms with E-state index in [0.717, 1.165) is 24.2 Å². The fourth-order valence-corrected chi connectivity index (χ4v) is 1.95. The number of unbranched alkanes of at least 4 members (excludes halogenated alkanes) is 4. The molecular formula is C14H21ClN2O. The minimum Gasteiger partial charge on any atom is -0.325 e. The molecule has 3 nitrogen and oxygen atoms in total. The van der Waals surface area contributed by atoms with E-state index in [1.165, 1.54) is 19.3 Å². The van der Waals surface area contributed by atoms with E-state index in [1.807, 2.05) is 6.92 Å². The molecule has 4 heteroatoms. The largest absolute Gasteiger partial charge is 0.325 e. The van der Waals surface area contributed by atoms with Crippen molar-refractivity contribution in [2.75, 3.05) is 5.32 Å². The molecule has 0 radical (unpaired) electrons. The van der Waals surface area contributed by atoms with Gasteiger partial charge in [-0.2, -0.15) is 0 Å². The molecule has 0 spiro atoms. The number of carbonyl (C=O) groups is 1. The maximum atomic E-state index is 11.7. The molecule has 100 valence electrons. The smallest absolute Gasteiger partial charge is 0.224 e. The highest BCUT2D eigenvalue weighted by atomic mass is 35.5. The van der Waals surface area contributed by atoms with Gasteiger partial charge in [-0.1, -0.05) is 44.2 Å². The van der Waals surface area contributed by atoms with Gasteiger partial charge in [0.2, 0.25) is 5.91 Å². The van der Waals surface area contributed by atoms with Crippen molar-refractivity contribution in [1.29, 1.82) is 0 Å². The molecule has 0 saturated carbocycles. The second-order valence-electron chi connectivity index (χ2n) is 4.48. The number of hydrogen-bond donors (Lipinski definition) is 1. The van der Waals surface area contributed by atoms with Gasteiger partial charge in [-0.25, -0.2) is 4.98 Å². The Bertz CT molecular complexity index is 393. The number of carbonyl (C=O) groups excluding carboxylic acids is 1. The zero-order valence-corrected chi connectivity index (χ0v) is 11.9. The first-order valence-electron chi connectivity index (χ1n) is 6.56. The maximum Gasteiger partial charge on any atom is 0.224 e. The average molecular weight is 269 g/mol. The van der Waals surface area contributed by atoms with Gasteiger partial charge in [0.05, 0.1) is 11.4 Å². The van der Waals surface area contributed by atoms with E-state index in [2.05, 4.69) is 17.2 Å². The van der Waals surface area contributed by atoms with Crippen molar-refractivity contribution < 1.29 is 4.79 Å². The summed E-state index contributed by atoms with van der Waals surface area (Å²) in [4.78, 5) is 15.8. The van der Waals surface area contributed by atoms with Crippen molar-refractivity contribution >= 4 is 23.2 Å². The summed E-state index contributed by atoms with van der Waals surface area (Å²) in [5.74, 6) is 0.0544. The predicted octanol–water partition coefficient (Wildman–Crippen LogP) is 4.34. The Morgan fingerprint density at radius 1 is 1.28 bits per heavy atom. The number of halogens is 1. The Morgan fingerprint density at radius 2 is 2.00 bits per heavy atom. The van der Waals surface area contributed by atoms with E-state index >= 15 is 0 Å². The molecule has 1 N–H and O–H groups in total. The van der Waals surface area contributed by atoms with Crippen molar-refractivity contribution in [2.45, 2.75) is 52.4 Å². The van der Waals surface area contributed by atoms with E-state index < -0.39 is 0 Å². The lowest BCUT2D eigenvalue weighted by Gasteiger charge is -2.07. The molecule has 1 rings (SSSR count). The van der Waals surface area contributed by atoms with Gasteiger partial charge < -0.3 is 5.32 Å². The van der Waals surface area contributed by atoms with E-state index in [-0.39, 0.29) is 5.91 Å². The van der Waals surface area contributed by atoms with E-state index in [1.54, 1.807) is 12.1 Å². The summed E-state index contributed by atoms with van der Waals surface area (Å²) in [5, 5.41) is 3.32. The minimum atomic E-state index is 0.0544. The molecule has 0 bridgehead atoms. The fourth-order valence-electron chi connectivity index (χ4n) is 1.76. The Labute approximate surface area is 114 Å². The highest BCUT2D eigenvalue weighted by molar-refractivity contribution is 6.29. The van der Waals surface area contributed by atoms with Gasteiger partial charge in [-0.05, 0) is 25.5 Å². The van der Waals surface area contributed by atoms with Gasteiger partial charge in [-0.15, -0.1) is 0 Å². The molecule has 0 aliphatic heterocycles. The number of aryl methyl sites for hydroxylation is 1. The molecule has 0 atom stereocenters. The topological polar surface area (TPSA) is 42.0 Å². The zero-order chi connectivity index (χ0) is 13.4. The Morgan fingerprint density at radius 3 is 2.67 bits per heavy atom. The first-order valence-corrected chi connectivity index (χ1v) is 6.94.